The Morgan fingerprint density at radius 1 is 1.16 bits per heavy atom. The number of nitrogens with one attached hydrogen (secondary N) is 2. The van der Waals surface area contributed by atoms with E-state index in [1.807, 2.05) is 25.1 Å². The first-order chi connectivity index (χ1) is 9.04. The Labute approximate surface area is 125 Å². The molecule has 0 atom stereocenters. The zero-order chi connectivity index (χ0) is 13.8. The summed E-state index contributed by atoms with van der Waals surface area (Å²) < 4.78 is 1.12. The first-order valence-corrected chi connectivity index (χ1v) is 6.75. The van der Waals surface area contributed by atoms with Crippen LogP contribution >= 0.6 is 22.6 Å². The van der Waals surface area contributed by atoms with Gasteiger partial charge in [0.15, 0.2) is 0 Å². The molecular weight excluding hydrogens is 355 g/mol. The first kappa shape index (κ1) is 13.7. The summed E-state index contributed by atoms with van der Waals surface area (Å²) >= 11 is 2.22. The average Bonchev–Trinajstić information content (AvgIpc) is 2.33. The Bertz CT molecular complexity index is 614. The quantitative estimate of drug-likeness (QED) is 0.703. The highest BCUT2D eigenvalue weighted by atomic mass is 127. The number of hydrogen-bond acceptors (Lipinski definition) is 2. The van der Waals surface area contributed by atoms with Crippen molar-refractivity contribution in [2.24, 2.45) is 0 Å². The van der Waals surface area contributed by atoms with Gasteiger partial charge in [-0.25, -0.2) is 4.79 Å². The normalized spacial score (nSPS) is 10.0. The van der Waals surface area contributed by atoms with Crippen LogP contribution in [0.3, 0.4) is 0 Å². The van der Waals surface area contributed by atoms with Crippen molar-refractivity contribution in [1.29, 1.82) is 0 Å². The van der Waals surface area contributed by atoms with Crippen molar-refractivity contribution in [3.8, 4) is 5.75 Å². The molecule has 0 heterocycles. The number of aryl methyl sites for hydroxylation is 1. The molecule has 0 bridgehead atoms. The van der Waals surface area contributed by atoms with E-state index in [0.717, 1.165) is 14.8 Å². The van der Waals surface area contributed by atoms with Gasteiger partial charge in [-0.1, -0.05) is 6.07 Å². The summed E-state index contributed by atoms with van der Waals surface area (Å²) in [6.07, 6.45) is 0. The molecule has 0 aliphatic heterocycles. The third-order valence-electron chi connectivity index (χ3n) is 2.54. The van der Waals surface area contributed by atoms with E-state index < -0.39 is 0 Å². The number of benzene rings is 2. The maximum Gasteiger partial charge on any atom is 0.323 e. The van der Waals surface area contributed by atoms with E-state index in [0.29, 0.717) is 5.69 Å². The summed E-state index contributed by atoms with van der Waals surface area (Å²) in [7, 11) is 0. The van der Waals surface area contributed by atoms with Crippen LogP contribution in [-0.2, 0) is 0 Å². The first-order valence-electron chi connectivity index (χ1n) is 5.68. The summed E-state index contributed by atoms with van der Waals surface area (Å²) in [5.74, 6) is 0.114. The molecule has 0 unspecified atom stereocenters. The zero-order valence-corrected chi connectivity index (χ0v) is 12.4. The average molecular weight is 368 g/mol. The Morgan fingerprint density at radius 3 is 2.63 bits per heavy atom. The lowest BCUT2D eigenvalue weighted by atomic mass is 10.2. The van der Waals surface area contributed by atoms with E-state index >= 15 is 0 Å². The highest BCUT2D eigenvalue weighted by Crippen LogP contribution is 2.19. The second-order valence-corrected chi connectivity index (χ2v) is 5.33. The number of phenolic OH excluding ortho intramolecular Hbond substituents is 1. The van der Waals surface area contributed by atoms with E-state index in [4.69, 9.17) is 0 Å². The molecule has 5 heteroatoms. The Balaban J connectivity index is 2.05. The number of anilines is 2. The van der Waals surface area contributed by atoms with E-state index in [1.165, 1.54) is 6.07 Å². The molecule has 3 N–H and O–H groups in total. The van der Waals surface area contributed by atoms with Crippen LogP contribution in [0.2, 0.25) is 0 Å². The standard InChI is InChI=1S/C14H13IN2O2/c1-9-7-10(15)5-6-13(9)17-14(19)16-11-3-2-4-12(18)8-11/h2-8,18H,1H3,(H2,16,17,19). The van der Waals surface area contributed by atoms with Crippen molar-refractivity contribution >= 4 is 40.0 Å². The predicted molar refractivity (Wildman–Crippen MR) is 84.6 cm³/mol. The SMILES string of the molecule is Cc1cc(I)ccc1NC(=O)Nc1cccc(O)c1. The van der Waals surface area contributed by atoms with Gasteiger partial charge in [0.2, 0.25) is 0 Å². The lowest BCUT2D eigenvalue weighted by molar-refractivity contribution is 0.262. The van der Waals surface area contributed by atoms with Crippen LogP contribution in [0, 0.1) is 10.5 Å². The fourth-order valence-corrected chi connectivity index (χ4v) is 2.28. The minimum absolute atomic E-state index is 0.114. The maximum absolute atomic E-state index is 11.8. The minimum atomic E-state index is -0.338. The van der Waals surface area contributed by atoms with Gasteiger partial charge in [0.1, 0.15) is 5.75 Å². The van der Waals surface area contributed by atoms with Gasteiger partial charge in [0.25, 0.3) is 0 Å². The summed E-state index contributed by atoms with van der Waals surface area (Å²) in [6, 6.07) is 11.9. The van der Waals surface area contributed by atoms with Gasteiger partial charge in [-0.2, -0.15) is 0 Å². The molecule has 4 nitrogen and oxygen atoms in total. The fourth-order valence-electron chi connectivity index (χ4n) is 1.64. The van der Waals surface area contributed by atoms with Gasteiger partial charge < -0.3 is 15.7 Å². The van der Waals surface area contributed by atoms with E-state index in [-0.39, 0.29) is 11.8 Å². The second kappa shape index (κ2) is 5.92. The smallest absolute Gasteiger partial charge is 0.323 e. The number of rotatable bonds is 2. The van der Waals surface area contributed by atoms with Gasteiger partial charge in [-0.15, -0.1) is 0 Å². The Kier molecular flexibility index (Phi) is 4.26. The van der Waals surface area contributed by atoms with Crippen LogP contribution in [-0.4, -0.2) is 11.1 Å². The van der Waals surface area contributed by atoms with Gasteiger partial charge in [-0.3, -0.25) is 0 Å². The third kappa shape index (κ3) is 3.85. The molecule has 0 aliphatic carbocycles. The molecule has 0 aliphatic rings. The molecule has 0 radical (unpaired) electrons. The number of carbonyl (C=O) groups excluding carboxylic acids is 1. The monoisotopic (exact) mass is 368 g/mol. The zero-order valence-electron chi connectivity index (χ0n) is 10.3. The van der Waals surface area contributed by atoms with Crippen molar-refractivity contribution in [2.75, 3.05) is 10.6 Å². The number of carbonyl (C=O) groups is 1. The predicted octanol–water partition coefficient (Wildman–Crippen LogP) is 3.95. The van der Waals surface area contributed by atoms with Crippen molar-refractivity contribution in [3.05, 3.63) is 51.6 Å². The van der Waals surface area contributed by atoms with Crippen LogP contribution in [0.15, 0.2) is 42.5 Å². The lowest BCUT2D eigenvalue weighted by Crippen LogP contribution is -2.19. The summed E-state index contributed by atoms with van der Waals surface area (Å²) in [5.41, 5.74) is 2.30. The second-order valence-electron chi connectivity index (χ2n) is 4.09. The number of hydrogen-bond donors (Lipinski definition) is 3. The summed E-state index contributed by atoms with van der Waals surface area (Å²) in [5, 5.41) is 14.7. The van der Waals surface area contributed by atoms with Crippen molar-refractivity contribution in [2.45, 2.75) is 6.92 Å². The largest absolute Gasteiger partial charge is 0.508 e. The molecule has 0 spiro atoms. The molecule has 2 aromatic carbocycles. The van der Waals surface area contributed by atoms with Crippen LogP contribution in [0.1, 0.15) is 5.56 Å². The molecule has 0 fully saturated rings. The molecule has 0 saturated carbocycles. The van der Waals surface area contributed by atoms with Crippen LogP contribution in [0.5, 0.6) is 5.75 Å². The van der Waals surface area contributed by atoms with Gasteiger partial charge >= 0.3 is 6.03 Å². The van der Waals surface area contributed by atoms with Crippen LogP contribution in [0.4, 0.5) is 16.2 Å². The summed E-state index contributed by atoms with van der Waals surface area (Å²) in [4.78, 5) is 11.8. The number of halogens is 1. The van der Waals surface area contributed by atoms with Crippen LogP contribution < -0.4 is 10.6 Å². The van der Waals surface area contributed by atoms with Crippen molar-refractivity contribution in [3.63, 3.8) is 0 Å². The topological polar surface area (TPSA) is 61.4 Å². The minimum Gasteiger partial charge on any atom is -0.508 e. The summed E-state index contributed by atoms with van der Waals surface area (Å²) in [6.45, 7) is 1.94. The van der Waals surface area contributed by atoms with Crippen molar-refractivity contribution in [1.82, 2.24) is 0 Å². The van der Waals surface area contributed by atoms with E-state index in [2.05, 4.69) is 33.2 Å². The van der Waals surface area contributed by atoms with Gasteiger partial charge in [0.05, 0.1) is 0 Å². The molecule has 2 rings (SSSR count). The number of phenols is 1. The molecule has 0 saturated heterocycles. The fraction of sp³-hybridized carbons (Fsp3) is 0.0714. The molecule has 2 aromatic rings. The number of urea groups is 1. The number of amides is 2. The molecule has 19 heavy (non-hydrogen) atoms. The third-order valence-corrected chi connectivity index (χ3v) is 3.21. The Hall–Kier alpha value is -1.76. The van der Waals surface area contributed by atoms with Gasteiger partial charge in [0, 0.05) is 21.0 Å². The van der Waals surface area contributed by atoms with Crippen molar-refractivity contribution < 1.29 is 9.90 Å². The highest BCUT2D eigenvalue weighted by molar-refractivity contribution is 14.1. The molecule has 0 aromatic heterocycles. The van der Waals surface area contributed by atoms with E-state index in [1.54, 1.807) is 18.2 Å². The maximum atomic E-state index is 11.8. The van der Waals surface area contributed by atoms with E-state index in [9.17, 15) is 9.90 Å². The molecule has 98 valence electrons. The Morgan fingerprint density at radius 2 is 1.95 bits per heavy atom. The lowest BCUT2D eigenvalue weighted by Gasteiger charge is -2.10. The molecule has 2 amide bonds. The van der Waals surface area contributed by atoms with Gasteiger partial charge in [-0.05, 0) is 65.4 Å². The highest BCUT2D eigenvalue weighted by Gasteiger charge is 2.05. The molecular formula is C14H13IN2O2. The van der Waals surface area contributed by atoms with Crippen LogP contribution in [0.25, 0.3) is 0 Å². The number of aromatic hydroxyl groups is 1.